The van der Waals surface area contributed by atoms with Crippen LogP contribution in [-0.2, 0) is 4.79 Å². The molecule has 1 aliphatic rings. The van der Waals surface area contributed by atoms with Gasteiger partial charge in [-0.15, -0.1) is 12.4 Å². The van der Waals surface area contributed by atoms with Gasteiger partial charge in [-0.3, -0.25) is 4.79 Å². The van der Waals surface area contributed by atoms with E-state index in [9.17, 15) is 4.79 Å². The van der Waals surface area contributed by atoms with Crippen molar-refractivity contribution in [1.82, 2.24) is 5.32 Å². The lowest BCUT2D eigenvalue weighted by Crippen LogP contribution is -2.34. The third kappa shape index (κ3) is 2.80. The Morgan fingerprint density at radius 3 is 2.18 bits per heavy atom. The van der Waals surface area contributed by atoms with Gasteiger partial charge in [0, 0.05) is 12.5 Å². The van der Waals surface area contributed by atoms with Gasteiger partial charge in [-0.05, 0) is 5.41 Å². The van der Waals surface area contributed by atoms with Crippen molar-refractivity contribution in [3.05, 3.63) is 0 Å². The fraction of sp³-hybridized carbons (Fsp3) is 0.875. The third-order valence-corrected chi connectivity index (χ3v) is 2.02. The highest BCUT2D eigenvalue weighted by molar-refractivity contribution is 5.85. The number of rotatable bonds is 0. The number of carbonyl (C=O) groups is 1. The largest absolute Gasteiger partial charge is 0.306 e. The summed E-state index contributed by atoms with van der Waals surface area (Å²) >= 11 is 0. The molecule has 0 amide bonds. The molecule has 1 unspecified atom stereocenters. The van der Waals surface area contributed by atoms with E-state index in [1.807, 2.05) is 0 Å². The maximum atomic E-state index is 10.8. The average molecular weight is 178 g/mol. The molecule has 1 heterocycles. The second kappa shape index (κ2) is 3.55. The minimum Gasteiger partial charge on any atom is -0.306 e. The van der Waals surface area contributed by atoms with Gasteiger partial charge in [0.25, 0.3) is 0 Å². The first-order valence-corrected chi connectivity index (χ1v) is 3.75. The SMILES string of the molecule is CC(C)(C)C1CC(=O)CN1.Cl. The first kappa shape index (κ1) is 10.9. The van der Waals surface area contributed by atoms with Crippen LogP contribution in [0.2, 0.25) is 0 Å². The second-order valence-corrected chi connectivity index (χ2v) is 4.04. The van der Waals surface area contributed by atoms with E-state index in [-0.39, 0.29) is 17.8 Å². The van der Waals surface area contributed by atoms with Crippen molar-refractivity contribution in [2.75, 3.05) is 6.54 Å². The lowest BCUT2D eigenvalue weighted by Gasteiger charge is -2.25. The molecule has 1 fully saturated rings. The summed E-state index contributed by atoms with van der Waals surface area (Å²) in [6.07, 6.45) is 0.712. The fourth-order valence-electron chi connectivity index (χ4n) is 1.22. The summed E-state index contributed by atoms with van der Waals surface area (Å²) in [6.45, 7) is 7.04. The predicted molar refractivity (Wildman–Crippen MR) is 48.1 cm³/mol. The van der Waals surface area contributed by atoms with Gasteiger partial charge in [-0.25, -0.2) is 0 Å². The molecule has 3 heteroatoms. The molecule has 1 atom stereocenters. The first-order valence-electron chi connectivity index (χ1n) is 3.75. The van der Waals surface area contributed by atoms with E-state index < -0.39 is 0 Å². The number of halogens is 1. The van der Waals surface area contributed by atoms with Crippen LogP contribution in [0.15, 0.2) is 0 Å². The van der Waals surface area contributed by atoms with Gasteiger partial charge in [-0.2, -0.15) is 0 Å². The number of hydrogen-bond donors (Lipinski definition) is 1. The van der Waals surface area contributed by atoms with Crippen LogP contribution < -0.4 is 5.32 Å². The monoisotopic (exact) mass is 177 g/mol. The van der Waals surface area contributed by atoms with Crippen molar-refractivity contribution in [3.63, 3.8) is 0 Å². The van der Waals surface area contributed by atoms with Gasteiger partial charge in [-0.1, -0.05) is 20.8 Å². The molecular weight excluding hydrogens is 162 g/mol. The molecule has 66 valence electrons. The molecule has 0 bridgehead atoms. The molecule has 2 nitrogen and oxygen atoms in total. The third-order valence-electron chi connectivity index (χ3n) is 2.02. The Morgan fingerprint density at radius 2 is 2.00 bits per heavy atom. The van der Waals surface area contributed by atoms with Gasteiger partial charge >= 0.3 is 0 Å². The number of ketones is 1. The summed E-state index contributed by atoms with van der Waals surface area (Å²) in [5.41, 5.74) is 0.228. The zero-order valence-corrected chi connectivity index (χ0v) is 8.12. The van der Waals surface area contributed by atoms with Crippen molar-refractivity contribution < 1.29 is 4.79 Å². The summed E-state index contributed by atoms with van der Waals surface area (Å²) in [6, 6.07) is 0.389. The van der Waals surface area contributed by atoms with Crippen LogP contribution in [0.4, 0.5) is 0 Å². The summed E-state index contributed by atoms with van der Waals surface area (Å²) in [7, 11) is 0. The number of Topliss-reactive ketones (excluding diaryl/α,β-unsaturated/α-hetero) is 1. The van der Waals surface area contributed by atoms with Gasteiger partial charge in [0.2, 0.25) is 0 Å². The molecule has 0 aliphatic carbocycles. The molecule has 11 heavy (non-hydrogen) atoms. The molecule has 0 aromatic rings. The predicted octanol–water partition coefficient (Wildman–Crippen LogP) is 1.39. The second-order valence-electron chi connectivity index (χ2n) is 4.04. The highest BCUT2D eigenvalue weighted by atomic mass is 35.5. The van der Waals surface area contributed by atoms with Crippen molar-refractivity contribution in [2.24, 2.45) is 5.41 Å². The Labute approximate surface area is 74.2 Å². The summed E-state index contributed by atoms with van der Waals surface area (Å²) in [5.74, 6) is 0.347. The van der Waals surface area contributed by atoms with Gasteiger partial charge in [0.15, 0.2) is 0 Å². The van der Waals surface area contributed by atoms with Crippen molar-refractivity contribution >= 4 is 18.2 Å². The van der Waals surface area contributed by atoms with Gasteiger partial charge in [0.1, 0.15) is 5.78 Å². The molecular formula is C8H16ClNO. The molecule has 1 rings (SSSR count). The number of hydrogen-bond acceptors (Lipinski definition) is 2. The average Bonchev–Trinajstić information content (AvgIpc) is 2.11. The van der Waals surface area contributed by atoms with E-state index >= 15 is 0 Å². The molecule has 1 saturated heterocycles. The summed E-state index contributed by atoms with van der Waals surface area (Å²) in [4.78, 5) is 10.8. The van der Waals surface area contributed by atoms with E-state index in [1.54, 1.807) is 0 Å². The first-order chi connectivity index (χ1) is 4.50. The Bertz CT molecular complexity index is 151. The summed E-state index contributed by atoms with van der Waals surface area (Å²) in [5, 5.41) is 3.20. The summed E-state index contributed by atoms with van der Waals surface area (Å²) < 4.78 is 0. The van der Waals surface area contributed by atoms with Crippen molar-refractivity contribution in [2.45, 2.75) is 33.2 Å². The van der Waals surface area contributed by atoms with Crippen LogP contribution in [0.1, 0.15) is 27.2 Å². The Balaban J connectivity index is 0.000001000. The van der Waals surface area contributed by atoms with Crippen LogP contribution in [0.5, 0.6) is 0 Å². The van der Waals surface area contributed by atoms with Crippen molar-refractivity contribution in [1.29, 1.82) is 0 Å². The molecule has 0 aromatic carbocycles. The fourth-order valence-corrected chi connectivity index (χ4v) is 1.22. The van der Waals surface area contributed by atoms with E-state index in [0.717, 1.165) is 0 Å². The Hall–Kier alpha value is -0.0800. The van der Waals surface area contributed by atoms with Crippen LogP contribution in [0, 0.1) is 5.41 Å². The lowest BCUT2D eigenvalue weighted by atomic mass is 9.86. The van der Waals surface area contributed by atoms with Crippen LogP contribution in [0.25, 0.3) is 0 Å². The highest BCUT2D eigenvalue weighted by Crippen LogP contribution is 2.24. The van der Waals surface area contributed by atoms with Crippen LogP contribution >= 0.6 is 12.4 Å². The quantitative estimate of drug-likeness (QED) is 0.606. The standard InChI is InChI=1S/C8H15NO.ClH/c1-8(2,3)7-4-6(10)5-9-7;/h7,9H,4-5H2,1-3H3;1H. The number of nitrogens with one attached hydrogen (secondary N) is 1. The van der Waals surface area contributed by atoms with Crippen molar-refractivity contribution in [3.8, 4) is 0 Å². The van der Waals surface area contributed by atoms with Crippen LogP contribution in [0.3, 0.4) is 0 Å². The number of carbonyl (C=O) groups excluding carboxylic acids is 1. The molecule has 0 radical (unpaired) electrons. The highest BCUT2D eigenvalue weighted by Gasteiger charge is 2.30. The topological polar surface area (TPSA) is 29.1 Å². The molecule has 0 spiro atoms. The maximum Gasteiger partial charge on any atom is 0.148 e. The van der Waals surface area contributed by atoms with Gasteiger partial charge < -0.3 is 5.32 Å². The van der Waals surface area contributed by atoms with E-state index in [0.29, 0.717) is 24.8 Å². The zero-order valence-electron chi connectivity index (χ0n) is 7.31. The Kier molecular flexibility index (Phi) is 3.52. The lowest BCUT2D eigenvalue weighted by molar-refractivity contribution is -0.116. The van der Waals surface area contributed by atoms with E-state index in [1.165, 1.54) is 0 Å². The maximum absolute atomic E-state index is 10.8. The Morgan fingerprint density at radius 1 is 1.45 bits per heavy atom. The minimum atomic E-state index is 0. The minimum absolute atomic E-state index is 0. The molecule has 0 saturated carbocycles. The van der Waals surface area contributed by atoms with Gasteiger partial charge in [0.05, 0.1) is 6.54 Å². The zero-order chi connectivity index (χ0) is 7.78. The van der Waals surface area contributed by atoms with E-state index in [2.05, 4.69) is 26.1 Å². The molecule has 0 aromatic heterocycles. The van der Waals surface area contributed by atoms with Crippen LogP contribution in [-0.4, -0.2) is 18.4 Å². The normalized spacial score (nSPS) is 25.0. The smallest absolute Gasteiger partial charge is 0.148 e. The molecule has 1 N–H and O–H groups in total. The molecule has 1 aliphatic heterocycles. The van der Waals surface area contributed by atoms with E-state index in [4.69, 9.17) is 0 Å².